The summed E-state index contributed by atoms with van der Waals surface area (Å²) in [5.41, 5.74) is 0. The van der Waals surface area contributed by atoms with Crippen molar-refractivity contribution >= 4 is 0 Å². The third-order valence-corrected chi connectivity index (χ3v) is 0.756. The van der Waals surface area contributed by atoms with Crippen molar-refractivity contribution in [2.45, 2.75) is 0 Å². The molecule has 1 rings (SSSR count). The van der Waals surface area contributed by atoms with Crippen LogP contribution >= 0.6 is 0 Å². The molecule has 44 valence electrons. The zero-order valence-corrected chi connectivity index (χ0v) is 6.94. The summed E-state index contributed by atoms with van der Waals surface area (Å²) in [6.45, 7) is 0. The minimum Gasteiger partial charge on any atom is -0.508 e. The molecule has 1 aromatic carbocycles. The Bertz CT molecular complexity index is 138. The quantitative estimate of drug-likeness (QED) is 0.767. The molecule has 0 unspecified atom stereocenters. The Balaban J connectivity index is 0.000000490. The summed E-state index contributed by atoms with van der Waals surface area (Å²) >= 11 is 0. The predicted octanol–water partition coefficient (Wildman–Crippen LogP) is 1.39. The molecule has 2 heteroatoms. The van der Waals surface area contributed by atoms with Crippen molar-refractivity contribution in [3.63, 3.8) is 0 Å². The van der Waals surface area contributed by atoms with Gasteiger partial charge in [-0.05, 0) is 12.1 Å². The molecule has 0 saturated carbocycles. The van der Waals surface area contributed by atoms with E-state index in [-0.39, 0.29) is 71.9 Å². The van der Waals surface area contributed by atoms with Gasteiger partial charge in [-0.25, -0.2) is 0 Å². The average Bonchev–Trinajstić information content (AvgIpc) is 1.69. The number of phenols is 1. The molecular weight excluding hydrogens is 310 g/mol. The molecule has 0 fully saturated rings. The maximum atomic E-state index is 8.63. The number of para-hydroxylation sites is 1. The summed E-state index contributed by atoms with van der Waals surface area (Å²) in [7, 11) is 0. The van der Waals surface area contributed by atoms with Crippen molar-refractivity contribution in [3.05, 3.63) is 30.3 Å². The van der Waals surface area contributed by atoms with E-state index in [0.717, 1.165) is 0 Å². The molecule has 0 aliphatic carbocycles. The molecule has 0 heterocycles. The Labute approximate surface area is 110 Å². The molecule has 0 saturated heterocycles. The van der Waals surface area contributed by atoms with Crippen LogP contribution in [-0.2, 0) is 0 Å². The van der Waals surface area contributed by atoms with Crippen LogP contribution in [-0.4, -0.2) is 5.11 Å². The number of benzene rings is 1. The van der Waals surface area contributed by atoms with Gasteiger partial charge in [0.05, 0.1) is 0 Å². The summed E-state index contributed by atoms with van der Waals surface area (Å²) in [6.07, 6.45) is 0. The second-order valence-corrected chi connectivity index (χ2v) is 1.34. The maximum Gasteiger partial charge on any atom is 0.115 e. The molecule has 1 N–H and O–H groups in total. The van der Waals surface area contributed by atoms with Crippen LogP contribution in [0.3, 0.4) is 0 Å². The molecule has 0 radical (unpaired) electrons. The molecule has 1 nitrogen and oxygen atoms in total. The Morgan fingerprint density at radius 3 is 1.75 bits per heavy atom. The normalized spacial score (nSPS) is 7.50. The second kappa shape index (κ2) is 4.96. The number of rotatable bonds is 0. The molecule has 0 aliphatic rings. The first-order valence-corrected chi connectivity index (χ1v) is 2.13. The van der Waals surface area contributed by atoms with Crippen molar-refractivity contribution < 1.29 is 77.0 Å². The van der Waals surface area contributed by atoms with Gasteiger partial charge in [-0.15, -0.1) is 0 Å². The first-order chi connectivity index (χ1) is 3.39. The summed E-state index contributed by atoms with van der Waals surface area (Å²) in [5, 5.41) is 8.63. The zero-order valence-electron chi connectivity index (χ0n) is 4.19. The summed E-state index contributed by atoms with van der Waals surface area (Å²) < 4.78 is 0. The van der Waals surface area contributed by atoms with Crippen LogP contribution in [0, 0.1) is 71.9 Å². The van der Waals surface area contributed by atoms with E-state index in [1.54, 1.807) is 24.3 Å². The number of aromatic hydroxyl groups is 1. The summed E-state index contributed by atoms with van der Waals surface area (Å²) in [4.78, 5) is 0. The van der Waals surface area contributed by atoms with Crippen LogP contribution in [0.2, 0.25) is 0 Å². The molecule has 8 heavy (non-hydrogen) atoms. The molecular formula is C6H6ORn. The first-order valence-electron chi connectivity index (χ1n) is 2.13. The van der Waals surface area contributed by atoms with E-state index in [0.29, 0.717) is 5.75 Å². The minimum atomic E-state index is 0. The Hall–Kier alpha value is 1.14. The fourth-order valence-electron chi connectivity index (χ4n) is 0.428. The summed E-state index contributed by atoms with van der Waals surface area (Å²) in [5.74, 6) is 0.322. The predicted molar refractivity (Wildman–Crippen MR) is 28.1 cm³/mol. The molecule has 0 aliphatic heterocycles. The van der Waals surface area contributed by atoms with Crippen molar-refractivity contribution in [2.75, 3.05) is 0 Å². The monoisotopic (exact) mass is 316 g/mol. The number of phenolic OH excluding ortho intramolecular Hbond substituents is 1. The van der Waals surface area contributed by atoms with Gasteiger partial charge in [-0.3, -0.25) is 0 Å². The molecule has 0 aromatic heterocycles. The van der Waals surface area contributed by atoms with Crippen LogP contribution in [0.5, 0.6) is 5.75 Å². The zero-order chi connectivity index (χ0) is 5.11. The van der Waals surface area contributed by atoms with Crippen LogP contribution in [0.4, 0.5) is 0 Å². The van der Waals surface area contributed by atoms with Gasteiger partial charge >= 0.3 is 0 Å². The van der Waals surface area contributed by atoms with Gasteiger partial charge in [0.1, 0.15) is 5.75 Å². The van der Waals surface area contributed by atoms with Crippen LogP contribution < -0.4 is 0 Å². The van der Waals surface area contributed by atoms with Gasteiger partial charge < -0.3 is 5.11 Å². The topological polar surface area (TPSA) is 20.2 Å². The molecule has 0 amide bonds. The first kappa shape index (κ1) is 9.14. The SMILES string of the molecule is Oc1ccccc1.[Rn]. The molecule has 0 bridgehead atoms. The van der Waals surface area contributed by atoms with Gasteiger partial charge in [-0.1, -0.05) is 18.2 Å². The number of hydrogen-bond acceptors (Lipinski definition) is 1. The van der Waals surface area contributed by atoms with E-state index in [1.807, 2.05) is 6.07 Å². The van der Waals surface area contributed by atoms with E-state index in [4.69, 9.17) is 5.11 Å². The smallest absolute Gasteiger partial charge is 0.115 e. The van der Waals surface area contributed by atoms with Crippen molar-refractivity contribution in [1.82, 2.24) is 0 Å². The number of hydrogen-bond donors (Lipinski definition) is 1. The van der Waals surface area contributed by atoms with Crippen molar-refractivity contribution in [2.24, 2.45) is 0 Å². The Kier molecular flexibility index (Phi) is 5.67. The standard InChI is InChI=1S/C6H6O.Rn/c7-6-4-2-1-3-5-6;/h1-5,7H;. The largest absolute Gasteiger partial charge is 0.508 e. The second-order valence-electron chi connectivity index (χ2n) is 1.34. The Morgan fingerprint density at radius 2 is 1.50 bits per heavy atom. The van der Waals surface area contributed by atoms with E-state index in [2.05, 4.69) is 0 Å². The van der Waals surface area contributed by atoms with Gasteiger partial charge in [0.15, 0.2) is 0 Å². The van der Waals surface area contributed by atoms with Gasteiger partial charge in [-0.2, -0.15) is 0 Å². The molecule has 1 aromatic rings. The van der Waals surface area contributed by atoms with E-state index in [1.165, 1.54) is 0 Å². The molecule has 0 spiro atoms. The average molecular weight is 316 g/mol. The minimum absolute atomic E-state index is 0. The van der Waals surface area contributed by atoms with Gasteiger partial charge in [0.25, 0.3) is 0 Å². The molecule has 0 atom stereocenters. The van der Waals surface area contributed by atoms with Gasteiger partial charge in [0.2, 0.25) is 0 Å². The third kappa shape index (κ3) is 3.22. The van der Waals surface area contributed by atoms with E-state index in [9.17, 15) is 0 Å². The van der Waals surface area contributed by atoms with Crippen molar-refractivity contribution in [1.29, 1.82) is 0 Å². The van der Waals surface area contributed by atoms with Crippen LogP contribution in [0.1, 0.15) is 0 Å². The Morgan fingerprint density at radius 1 is 1.00 bits per heavy atom. The fraction of sp³-hybridized carbons (Fsp3) is 0. The van der Waals surface area contributed by atoms with Gasteiger partial charge in [0, 0.05) is 71.9 Å². The van der Waals surface area contributed by atoms with E-state index >= 15 is 0 Å². The van der Waals surface area contributed by atoms with Crippen LogP contribution in [0.25, 0.3) is 0 Å². The van der Waals surface area contributed by atoms with Crippen molar-refractivity contribution in [3.8, 4) is 5.75 Å². The maximum absolute atomic E-state index is 8.63. The third-order valence-electron chi connectivity index (χ3n) is 0.756. The van der Waals surface area contributed by atoms with Crippen LogP contribution in [0.15, 0.2) is 30.3 Å². The fourth-order valence-corrected chi connectivity index (χ4v) is 0.428. The summed E-state index contributed by atoms with van der Waals surface area (Å²) in [6, 6.07) is 8.71. The van der Waals surface area contributed by atoms with E-state index < -0.39 is 0 Å².